The van der Waals surface area contributed by atoms with Gasteiger partial charge >= 0.3 is 0 Å². The number of unbranched alkanes of at least 4 members (excludes halogenated alkanes) is 2. The largest absolute Gasteiger partial charge is 0.457 e. The van der Waals surface area contributed by atoms with Crippen LogP contribution in [0.3, 0.4) is 0 Å². The summed E-state index contributed by atoms with van der Waals surface area (Å²) in [5.41, 5.74) is -0.572. The Hall–Kier alpha value is -2.35. The van der Waals surface area contributed by atoms with Crippen LogP contribution in [0.15, 0.2) is 48.5 Å². The third-order valence-electron chi connectivity index (χ3n) is 3.51. The van der Waals surface area contributed by atoms with Gasteiger partial charge < -0.3 is 14.9 Å². The second kappa shape index (κ2) is 8.49. The fourth-order valence-corrected chi connectivity index (χ4v) is 2.12. The van der Waals surface area contributed by atoms with E-state index in [-0.39, 0.29) is 12.4 Å². The normalized spacial score (nSPS) is 12.8. The maximum Gasteiger partial charge on any atom is 0.148 e. The molecule has 0 saturated heterocycles. The molecule has 0 aromatic heterocycles. The van der Waals surface area contributed by atoms with Gasteiger partial charge in [0.25, 0.3) is 0 Å². The molecule has 2 aromatic rings. The second-order valence-corrected chi connectivity index (χ2v) is 5.64. The first-order valence-corrected chi connectivity index (χ1v) is 7.88. The van der Waals surface area contributed by atoms with Crippen LogP contribution in [0.2, 0.25) is 0 Å². The van der Waals surface area contributed by atoms with Crippen LogP contribution in [0.25, 0.3) is 0 Å². The Labute approximate surface area is 141 Å². The van der Waals surface area contributed by atoms with Crippen LogP contribution in [0, 0.1) is 17.7 Å². The minimum Gasteiger partial charge on any atom is -0.457 e. The number of benzene rings is 2. The minimum absolute atomic E-state index is 0.160. The molecule has 0 bridgehead atoms. The van der Waals surface area contributed by atoms with Crippen LogP contribution >= 0.6 is 0 Å². The van der Waals surface area contributed by atoms with E-state index < -0.39 is 5.60 Å². The molecule has 0 saturated carbocycles. The van der Waals surface area contributed by atoms with Gasteiger partial charge in [-0.1, -0.05) is 24.0 Å². The molecule has 0 spiro atoms. The van der Waals surface area contributed by atoms with Gasteiger partial charge in [0.1, 0.15) is 22.9 Å². The Morgan fingerprint density at radius 1 is 1.00 bits per heavy atom. The van der Waals surface area contributed by atoms with Crippen molar-refractivity contribution in [1.29, 1.82) is 0 Å². The second-order valence-electron chi connectivity index (χ2n) is 5.64. The molecule has 0 aliphatic rings. The SMILES string of the molecule is CC(O)(C#CCCCCO)c1ccc(Oc2ccc(F)cc2)cc1. The third-order valence-corrected chi connectivity index (χ3v) is 3.51. The molecule has 0 aliphatic heterocycles. The molecule has 0 heterocycles. The number of rotatable bonds is 6. The highest BCUT2D eigenvalue weighted by molar-refractivity contribution is 5.37. The van der Waals surface area contributed by atoms with Gasteiger partial charge in [-0.2, -0.15) is 0 Å². The number of hydrogen-bond donors (Lipinski definition) is 2. The molecule has 126 valence electrons. The van der Waals surface area contributed by atoms with Crippen LogP contribution in [-0.4, -0.2) is 16.8 Å². The summed E-state index contributed by atoms with van der Waals surface area (Å²) in [7, 11) is 0. The van der Waals surface area contributed by atoms with Crippen LogP contribution in [0.1, 0.15) is 31.7 Å². The first-order chi connectivity index (χ1) is 11.5. The average Bonchev–Trinajstić information content (AvgIpc) is 2.57. The molecule has 4 heteroatoms. The molecular weight excluding hydrogens is 307 g/mol. The van der Waals surface area contributed by atoms with Crippen molar-refractivity contribution in [3.05, 3.63) is 59.9 Å². The van der Waals surface area contributed by atoms with Crippen molar-refractivity contribution in [2.24, 2.45) is 0 Å². The summed E-state index contributed by atoms with van der Waals surface area (Å²) in [6.45, 7) is 1.80. The molecule has 2 aromatic carbocycles. The molecule has 24 heavy (non-hydrogen) atoms. The molecular formula is C20H21FO3. The molecule has 0 fully saturated rings. The summed E-state index contributed by atoms with van der Waals surface area (Å²) in [5, 5.41) is 19.2. The summed E-state index contributed by atoms with van der Waals surface area (Å²) in [6.07, 6.45) is 2.17. The van der Waals surface area contributed by atoms with Crippen molar-refractivity contribution in [3.63, 3.8) is 0 Å². The first kappa shape index (κ1) is 18.0. The molecule has 1 unspecified atom stereocenters. The Morgan fingerprint density at radius 2 is 1.58 bits per heavy atom. The van der Waals surface area contributed by atoms with E-state index in [0.29, 0.717) is 29.9 Å². The van der Waals surface area contributed by atoms with Crippen LogP contribution < -0.4 is 4.74 Å². The van der Waals surface area contributed by atoms with Crippen LogP contribution in [-0.2, 0) is 5.60 Å². The van der Waals surface area contributed by atoms with Crippen molar-refractivity contribution in [3.8, 4) is 23.3 Å². The lowest BCUT2D eigenvalue weighted by molar-refractivity contribution is 0.122. The monoisotopic (exact) mass is 328 g/mol. The van der Waals surface area contributed by atoms with E-state index in [1.54, 1.807) is 43.3 Å². The smallest absolute Gasteiger partial charge is 0.148 e. The quantitative estimate of drug-likeness (QED) is 0.623. The van der Waals surface area contributed by atoms with Gasteiger partial charge in [-0.25, -0.2) is 4.39 Å². The van der Waals surface area contributed by atoms with E-state index in [9.17, 15) is 9.50 Å². The summed E-state index contributed by atoms with van der Waals surface area (Å²) in [5.74, 6) is 6.61. The van der Waals surface area contributed by atoms with Crippen molar-refractivity contribution >= 4 is 0 Å². The zero-order chi connectivity index (χ0) is 17.4. The number of aliphatic hydroxyl groups is 2. The van der Waals surface area contributed by atoms with Crippen LogP contribution in [0.4, 0.5) is 4.39 Å². The van der Waals surface area contributed by atoms with Crippen molar-refractivity contribution in [2.45, 2.75) is 31.8 Å². The van der Waals surface area contributed by atoms with E-state index >= 15 is 0 Å². The predicted molar refractivity (Wildman–Crippen MR) is 91.2 cm³/mol. The standard InChI is InChI=1S/C20H21FO3/c1-20(23,14-4-2-3-5-15-22)16-6-10-18(11-7-16)24-19-12-8-17(21)9-13-19/h6-13,22-23H,2-3,5,15H2,1H3. The fourth-order valence-electron chi connectivity index (χ4n) is 2.12. The predicted octanol–water partition coefficient (Wildman–Crippen LogP) is 3.99. The first-order valence-electron chi connectivity index (χ1n) is 7.88. The maximum absolute atomic E-state index is 12.9. The van der Waals surface area contributed by atoms with Crippen molar-refractivity contribution < 1.29 is 19.3 Å². The molecule has 3 nitrogen and oxygen atoms in total. The summed E-state index contributed by atoms with van der Waals surface area (Å²) >= 11 is 0. The topological polar surface area (TPSA) is 49.7 Å². The zero-order valence-electron chi connectivity index (χ0n) is 13.6. The lowest BCUT2D eigenvalue weighted by atomic mass is 9.96. The van der Waals surface area contributed by atoms with Crippen molar-refractivity contribution in [1.82, 2.24) is 0 Å². The highest BCUT2D eigenvalue weighted by atomic mass is 19.1. The average molecular weight is 328 g/mol. The van der Waals surface area contributed by atoms with Gasteiger partial charge in [0.05, 0.1) is 0 Å². The Morgan fingerprint density at radius 3 is 2.17 bits per heavy atom. The number of aliphatic hydroxyl groups excluding tert-OH is 1. The van der Waals surface area contributed by atoms with E-state index in [4.69, 9.17) is 9.84 Å². The van der Waals surface area contributed by atoms with E-state index in [1.165, 1.54) is 12.1 Å². The highest BCUT2D eigenvalue weighted by Crippen LogP contribution is 2.26. The van der Waals surface area contributed by atoms with E-state index in [0.717, 1.165) is 6.42 Å². The van der Waals surface area contributed by atoms with Gasteiger partial charge in [-0.3, -0.25) is 0 Å². The molecule has 1 atom stereocenters. The highest BCUT2D eigenvalue weighted by Gasteiger charge is 2.19. The van der Waals surface area contributed by atoms with E-state index in [2.05, 4.69) is 11.8 Å². The number of ether oxygens (including phenoxy) is 1. The van der Waals surface area contributed by atoms with Gasteiger partial charge in [-0.15, -0.1) is 0 Å². The van der Waals surface area contributed by atoms with Gasteiger partial charge in [0.2, 0.25) is 0 Å². The molecule has 2 rings (SSSR count). The van der Waals surface area contributed by atoms with Gasteiger partial charge in [-0.05, 0) is 61.7 Å². The summed E-state index contributed by atoms with van der Waals surface area (Å²) in [4.78, 5) is 0. The Bertz CT molecular complexity index is 694. The molecule has 0 amide bonds. The lowest BCUT2D eigenvalue weighted by Gasteiger charge is -2.17. The molecule has 0 aliphatic carbocycles. The fraction of sp³-hybridized carbons (Fsp3) is 0.300. The summed E-state index contributed by atoms with van der Waals surface area (Å²) < 4.78 is 18.5. The number of hydrogen-bond acceptors (Lipinski definition) is 3. The number of halogens is 1. The van der Waals surface area contributed by atoms with Gasteiger partial charge in [0.15, 0.2) is 0 Å². The Balaban J connectivity index is 2.00. The lowest BCUT2D eigenvalue weighted by Crippen LogP contribution is -2.18. The Kier molecular flexibility index (Phi) is 6.36. The summed E-state index contributed by atoms with van der Waals surface area (Å²) in [6, 6.07) is 12.7. The molecule has 0 radical (unpaired) electrons. The maximum atomic E-state index is 12.9. The van der Waals surface area contributed by atoms with E-state index in [1.807, 2.05) is 0 Å². The molecule has 2 N–H and O–H groups in total. The van der Waals surface area contributed by atoms with Gasteiger partial charge in [0, 0.05) is 13.0 Å². The zero-order valence-corrected chi connectivity index (χ0v) is 13.6. The minimum atomic E-state index is -1.24. The third kappa shape index (κ3) is 5.38. The van der Waals surface area contributed by atoms with Crippen molar-refractivity contribution in [2.75, 3.05) is 6.61 Å². The van der Waals surface area contributed by atoms with Crippen LogP contribution in [0.5, 0.6) is 11.5 Å².